The molecule has 1 N–H and O–H groups in total. The number of nitriles is 1. The van der Waals surface area contributed by atoms with E-state index in [9.17, 15) is 10.1 Å². The van der Waals surface area contributed by atoms with Crippen LogP contribution in [0.15, 0.2) is 23.6 Å². The predicted octanol–water partition coefficient (Wildman–Crippen LogP) is 4.71. The minimum Gasteiger partial charge on any atom is -0.368 e. The van der Waals surface area contributed by atoms with Crippen molar-refractivity contribution in [2.75, 3.05) is 11.9 Å². The fourth-order valence-electron chi connectivity index (χ4n) is 2.41. The molecule has 118 valence electrons. The first kappa shape index (κ1) is 16.3. The summed E-state index contributed by atoms with van der Waals surface area (Å²) in [6.45, 7) is 0.599. The van der Waals surface area contributed by atoms with Gasteiger partial charge in [-0.1, -0.05) is 29.3 Å². The minimum atomic E-state index is -0.433. The number of nitrogens with zero attached hydrogens (tertiary/aromatic N) is 1. The Morgan fingerprint density at radius 3 is 2.87 bits per heavy atom. The number of benzene rings is 1. The number of carbonyl (C=O) groups excluding carboxylic acids is 1. The summed E-state index contributed by atoms with van der Waals surface area (Å²) in [5, 5.41) is 15.5. The molecule has 0 spiro atoms. The molecule has 1 amide bonds. The number of hydrogen-bond donors (Lipinski definition) is 1. The Balaban J connectivity index is 1.89. The first-order valence-electron chi connectivity index (χ1n) is 6.99. The van der Waals surface area contributed by atoms with E-state index in [1.807, 2.05) is 5.38 Å². The van der Waals surface area contributed by atoms with Gasteiger partial charge in [0.1, 0.15) is 17.2 Å². The molecule has 23 heavy (non-hydrogen) atoms. The summed E-state index contributed by atoms with van der Waals surface area (Å²) < 4.78 is 5.36. The molecule has 3 rings (SSSR count). The fourth-order valence-corrected chi connectivity index (χ4v) is 3.63. The van der Waals surface area contributed by atoms with E-state index < -0.39 is 6.10 Å². The van der Waals surface area contributed by atoms with Gasteiger partial charge in [-0.25, -0.2) is 0 Å². The Morgan fingerprint density at radius 2 is 2.22 bits per heavy atom. The molecule has 1 saturated heterocycles. The lowest BCUT2D eigenvalue weighted by molar-refractivity contribution is -0.124. The van der Waals surface area contributed by atoms with E-state index in [2.05, 4.69) is 11.4 Å². The topological polar surface area (TPSA) is 62.1 Å². The molecule has 1 aromatic carbocycles. The van der Waals surface area contributed by atoms with Crippen LogP contribution in [0, 0.1) is 11.3 Å². The maximum atomic E-state index is 12.2. The highest BCUT2D eigenvalue weighted by molar-refractivity contribution is 7.15. The van der Waals surface area contributed by atoms with Crippen molar-refractivity contribution in [3.63, 3.8) is 0 Å². The summed E-state index contributed by atoms with van der Waals surface area (Å²) in [4.78, 5) is 12.2. The molecular formula is C16H12Cl2N2O2S. The van der Waals surface area contributed by atoms with Crippen molar-refractivity contribution in [2.24, 2.45) is 0 Å². The molecule has 2 heterocycles. The summed E-state index contributed by atoms with van der Waals surface area (Å²) in [6, 6.07) is 7.34. The lowest BCUT2D eigenvalue weighted by Gasteiger charge is -2.09. The standard InChI is InChI=1S/C16H12Cl2N2O2S/c17-12-4-3-9(6-13(12)18)11-8-23-16(10(11)7-19)20-15(21)14-2-1-5-22-14/h3-4,6,8,14H,1-2,5H2,(H,20,21)/t14-/m1/s1. The Kier molecular flexibility index (Phi) is 4.88. The van der Waals surface area contributed by atoms with Crippen molar-refractivity contribution >= 4 is 45.4 Å². The van der Waals surface area contributed by atoms with Crippen LogP contribution in [-0.4, -0.2) is 18.6 Å². The zero-order chi connectivity index (χ0) is 16.4. The smallest absolute Gasteiger partial charge is 0.254 e. The molecule has 0 radical (unpaired) electrons. The second-order valence-corrected chi connectivity index (χ2v) is 6.78. The third-order valence-electron chi connectivity index (χ3n) is 3.59. The lowest BCUT2D eigenvalue weighted by atomic mass is 10.0. The van der Waals surface area contributed by atoms with Gasteiger partial charge in [0.25, 0.3) is 5.91 Å². The second kappa shape index (κ2) is 6.90. The molecule has 1 aromatic heterocycles. The highest BCUT2D eigenvalue weighted by Crippen LogP contribution is 2.37. The molecule has 0 unspecified atom stereocenters. The van der Waals surface area contributed by atoms with Gasteiger partial charge in [0.05, 0.1) is 15.6 Å². The van der Waals surface area contributed by atoms with Crippen molar-refractivity contribution < 1.29 is 9.53 Å². The Morgan fingerprint density at radius 1 is 1.39 bits per heavy atom. The largest absolute Gasteiger partial charge is 0.368 e. The molecule has 7 heteroatoms. The molecule has 1 atom stereocenters. The molecule has 1 aliphatic rings. The van der Waals surface area contributed by atoms with E-state index in [4.69, 9.17) is 27.9 Å². The Hall–Kier alpha value is -1.58. The second-order valence-electron chi connectivity index (χ2n) is 5.09. The van der Waals surface area contributed by atoms with Crippen molar-refractivity contribution in [2.45, 2.75) is 18.9 Å². The normalized spacial score (nSPS) is 17.0. The van der Waals surface area contributed by atoms with Gasteiger partial charge in [0, 0.05) is 17.6 Å². The van der Waals surface area contributed by atoms with Crippen LogP contribution < -0.4 is 5.32 Å². The fraction of sp³-hybridized carbons (Fsp3) is 0.250. The summed E-state index contributed by atoms with van der Waals surface area (Å²) in [5.74, 6) is -0.207. The van der Waals surface area contributed by atoms with E-state index in [0.29, 0.717) is 33.6 Å². The summed E-state index contributed by atoms with van der Waals surface area (Å²) in [6.07, 6.45) is 1.15. The third kappa shape index (κ3) is 3.36. The number of carbonyl (C=O) groups is 1. The van der Waals surface area contributed by atoms with Crippen molar-refractivity contribution in [1.82, 2.24) is 0 Å². The molecule has 0 saturated carbocycles. The number of rotatable bonds is 3. The van der Waals surface area contributed by atoms with Crippen LogP contribution in [-0.2, 0) is 9.53 Å². The molecule has 4 nitrogen and oxygen atoms in total. The summed E-state index contributed by atoms with van der Waals surface area (Å²) >= 11 is 13.3. The van der Waals surface area contributed by atoms with Crippen LogP contribution in [0.25, 0.3) is 11.1 Å². The molecule has 1 aliphatic heterocycles. The quantitative estimate of drug-likeness (QED) is 0.855. The summed E-state index contributed by atoms with van der Waals surface area (Å²) in [7, 11) is 0. The first-order chi connectivity index (χ1) is 11.1. The first-order valence-corrected chi connectivity index (χ1v) is 8.63. The highest BCUT2D eigenvalue weighted by atomic mass is 35.5. The minimum absolute atomic E-state index is 0.207. The number of amides is 1. The van der Waals surface area contributed by atoms with Crippen LogP contribution in [0.2, 0.25) is 10.0 Å². The predicted molar refractivity (Wildman–Crippen MR) is 92.1 cm³/mol. The molecule has 1 fully saturated rings. The van der Waals surface area contributed by atoms with Crippen molar-refractivity contribution in [1.29, 1.82) is 5.26 Å². The summed E-state index contributed by atoms with van der Waals surface area (Å²) in [5.41, 5.74) is 1.92. The maximum Gasteiger partial charge on any atom is 0.254 e. The number of ether oxygens (including phenoxy) is 1. The highest BCUT2D eigenvalue weighted by Gasteiger charge is 2.25. The van der Waals surface area contributed by atoms with Gasteiger partial charge in [0.2, 0.25) is 0 Å². The monoisotopic (exact) mass is 366 g/mol. The van der Waals surface area contributed by atoms with E-state index in [1.165, 1.54) is 11.3 Å². The van der Waals surface area contributed by atoms with Crippen LogP contribution in [0.3, 0.4) is 0 Å². The van der Waals surface area contributed by atoms with Crippen molar-refractivity contribution in [3.8, 4) is 17.2 Å². The number of halogens is 2. The number of anilines is 1. The molecular weight excluding hydrogens is 355 g/mol. The van der Waals surface area contributed by atoms with Crippen LogP contribution >= 0.6 is 34.5 Å². The van der Waals surface area contributed by atoms with Gasteiger partial charge in [-0.2, -0.15) is 5.26 Å². The molecule has 0 bridgehead atoms. The lowest BCUT2D eigenvalue weighted by Crippen LogP contribution is -2.26. The third-order valence-corrected chi connectivity index (χ3v) is 5.23. The SMILES string of the molecule is N#Cc1c(-c2ccc(Cl)c(Cl)c2)csc1NC(=O)[C@H]1CCCO1. The molecule has 0 aliphatic carbocycles. The van der Waals surface area contributed by atoms with Crippen LogP contribution in [0.4, 0.5) is 5.00 Å². The average Bonchev–Trinajstić information content (AvgIpc) is 3.19. The number of thiophene rings is 1. The van der Waals surface area contributed by atoms with Gasteiger partial charge >= 0.3 is 0 Å². The van der Waals surface area contributed by atoms with Gasteiger partial charge in [0.15, 0.2) is 0 Å². The van der Waals surface area contributed by atoms with E-state index in [1.54, 1.807) is 18.2 Å². The number of hydrogen-bond acceptors (Lipinski definition) is 4. The maximum absolute atomic E-state index is 12.2. The number of nitrogens with one attached hydrogen (secondary N) is 1. The Bertz CT molecular complexity index is 792. The van der Waals surface area contributed by atoms with Gasteiger partial charge in [-0.3, -0.25) is 4.79 Å². The van der Waals surface area contributed by atoms with Gasteiger partial charge < -0.3 is 10.1 Å². The average molecular weight is 367 g/mol. The van der Waals surface area contributed by atoms with Gasteiger partial charge in [-0.05, 0) is 30.5 Å². The zero-order valence-electron chi connectivity index (χ0n) is 11.9. The van der Waals surface area contributed by atoms with Crippen molar-refractivity contribution in [3.05, 3.63) is 39.2 Å². The van der Waals surface area contributed by atoms with E-state index in [0.717, 1.165) is 17.5 Å². The van der Waals surface area contributed by atoms with Crippen LogP contribution in [0.1, 0.15) is 18.4 Å². The Labute approximate surface area is 147 Å². The van der Waals surface area contributed by atoms with E-state index >= 15 is 0 Å². The van der Waals surface area contributed by atoms with Gasteiger partial charge in [-0.15, -0.1) is 11.3 Å². The van der Waals surface area contributed by atoms with Crippen LogP contribution in [0.5, 0.6) is 0 Å². The zero-order valence-corrected chi connectivity index (χ0v) is 14.3. The van der Waals surface area contributed by atoms with E-state index in [-0.39, 0.29) is 5.91 Å². The molecule has 2 aromatic rings.